The zero-order valence-electron chi connectivity index (χ0n) is 8.01. The Morgan fingerprint density at radius 2 is 2.27 bits per heavy atom. The lowest BCUT2D eigenvalue weighted by Crippen LogP contribution is -1.91. The van der Waals surface area contributed by atoms with Gasteiger partial charge >= 0.3 is 0 Å². The molecule has 5 nitrogen and oxygen atoms in total. The summed E-state index contributed by atoms with van der Waals surface area (Å²) in [5.74, 6) is 0.511. The first kappa shape index (κ1) is 9.39. The fourth-order valence-corrected chi connectivity index (χ4v) is 1.39. The molecule has 5 heteroatoms. The smallest absolute Gasteiger partial charge is 0.278 e. The van der Waals surface area contributed by atoms with Crippen LogP contribution in [0.25, 0.3) is 10.9 Å². The number of nitro groups is 1. The van der Waals surface area contributed by atoms with Crippen molar-refractivity contribution >= 4 is 16.6 Å². The van der Waals surface area contributed by atoms with Crippen LogP contribution in [0.1, 0.15) is 0 Å². The predicted octanol–water partition coefficient (Wildman–Crippen LogP) is 2.15. The number of pyridine rings is 1. The highest BCUT2D eigenvalue weighted by molar-refractivity contribution is 5.88. The van der Waals surface area contributed by atoms with Crippen LogP contribution in [0.5, 0.6) is 5.75 Å². The zero-order valence-corrected chi connectivity index (χ0v) is 8.01. The number of nitrogens with zero attached hydrogens (tertiary/aromatic N) is 2. The zero-order chi connectivity index (χ0) is 10.8. The van der Waals surface area contributed by atoms with Gasteiger partial charge in [-0.05, 0) is 12.1 Å². The Hall–Kier alpha value is -2.17. The highest BCUT2D eigenvalue weighted by atomic mass is 16.6. The van der Waals surface area contributed by atoms with E-state index in [4.69, 9.17) is 4.74 Å². The summed E-state index contributed by atoms with van der Waals surface area (Å²) in [6.45, 7) is 0. The van der Waals surface area contributed by atoms with E-state index < -0.39 is 4.92 Å². The number of benzene rings is 1. The first-order valence-corrected chi connectivity index (χ1v) is 4.29. The second-order valence-electron chi connectivity index (χ2n) is 2.98. The molecule has 1 aromatic carbocycles. The molecular weight excluding hydrogens is 196 g/mol. The number of nitro benzene ring substituents is 1. The Balaban J connectivity index is 2.76. The van der Waals surface area contributed by atoms with Gasteiger partial charge in [-0.2, -0.15) is 0 Å². The van der Waals surface area contributed by atoms with Crippen molar-refractivity contribution in [2.45, 2.75) is 0 Å². The number of non-ortho nitro benzene ring substituents is 1. The number of methoxy groups -OCH3 is 1. The van der Waals surface area contributed by atoms with Gasteiger partial charge in [0.25, 0.3) is 5.69 Å². The molecule has 0 unspecified atom stereocenters. The number of rotatable bonds is 2. The van der Waals surface area contributed by atoms with Crippen LogP contribution >= 0.6 is 0 Å². The fraction of sp³-hybridized carbons (Fsp3) is 0.100. The second kappa shape index (κ2) is 3.53. The molecule has 0 fully saturated rings. The second-order valence-corrected chi connectivity index (χ2v) is 2.98. The Morgan fingerprint density at radius 1 is 1.47 bits per heavy atom. The van der Waals surface area contributed by atoms with Crippen LogP contribution in [0, 0.1) is 10.1 Å². The van der Waals surface area contributed by atoms with Crippen LogP contribution in [0.2, 0.25) is 0 Å². The summed E-state index contributed by atoms with van der Waals surface area (Å²) in [6.07, 6.45) is 1.53. The van der Waals surface area contributed by atoms with Crippen molar-refractivity contribution in [3.8, 4) is 5.75 Å². The highest BCUT2D eigenvalue weighted by Gasteiger charge is 2.12. The van der Waals surface area contributed by atoms with Crippen LogP contribution in [-0.2, 0) is 0 Å². The van der Waals surface area contributed by atoms with Crippen LogP contribution in [0.4, 0.5) is 5.69 Å². The molecule has 0 radical (unpaired) electrons. The number of aromatic nitrogens is 1. The number of hydrogen-bond acceptors (Lipinski definition) is 4. The summed E-state index contributed by atoms with van der Waals surface area (Å²) in [6, 6.07) is 6.39. The summed E-state index contributed by atoms with van der Waals surface area (Å²) in [4.78, 5) is 14.4. The van der Waals surface area contributed by atoms with Gasteiger partial charge in [0.2, 0.25) is 0 Å². The van der Waals surface area contributed by atoms with E-state index in [0.29, 0.717) is 16.7 Å². The highest BCUT2D eigenvalue weighted by Crippen LogP contribution is 2.26. The van der Waals surface area contributed by atoms with Gasteiger partial charge in [0.1, 0.15) is 5.75 Å². The van der Waals surface area contributed by atoms with Gasteiger partial charge in [0, 0.05) is 6.07 Å². The van der Waals surface area contributed by atoms with Crippen molar-refractivity contribution < 1.29 is 9.66 Å². The summed E-state index contributed by atoms with van der Waals surface area (Å²) < 4.78 is 4.97. The van der Waals surface area contributed by atoms with Crippen LogP contribution in [0.15, 0.2) is 30.5 Å². The molecule has 0 aliphatic rings. The molecule has 0 spiro atoms. The van der Waals surface area contributed by atoms with Gasteiger partial charge in [-0.3, -0.25) is 15.1 Å². The topological polar surface area (TPSA) is 65.3 Å². The third-order valence-electron chi connectivity index (χ3n) is 2.11. The third kappa shape index (κ3) is 1.59. The SMILES string of the molecule is COc1cnc2cccc([N+](=O)[O-])c2c1. The van der Waals surface area contributed by atoms with Crippen LogP contribution in [-0.4, -0.2) is 17.0 Å². The van der Waals surface area contributed by atoms with Crippen molar-refractivity contribution in [3.63, 3.8) is 0 Å². The van der Waals surface area contributed by atoms with E-state index in [-0.39, 0.29) is 5.69 Å². The van der Waals surface area contributed by atoms with Gasteiger partial charge < -0.3 is 4.74 Å². The van der Waals surface area contributed by atoms with E-state index >= 15 is 0 Å². The standard InChI is InChI=1S/C10H8N2O3/c1-15-7-5-8-9(11-6-7)3-2-4-10(8)12(13)14/h2-6H,1H3. The molecular formula is C10H8N2O3. The Kier molecular flexibility index (Phi) is 2.21. The summed E-state index contributed by atoms with van der Waals surface area (Å²) in [5, 5.41) is 11.2. The van der Waals surface area contributed by atoms with Crippen molar-refractivity contribution in [2.75, 3.05) is 7.11 Å². The van der Waals surface area contributed by atoms with E-state index in [1.807, 2.05) is 0 Å². The minimum absolute atomic E-state index is 0.0406. The molecule has 0 bridgehead atoms. The molecule has 2 rings (SSSR count). The average molecular weight is 204 g/mol. The van der Waals surface area contributed by atoms with Gasteiger partial charge in [-0.25, -0.2) is 0 Å². The van der Waals surface area contributed by atoms with Gasteiger partial charge in [-0.1, -0.05) is 6.07 Å². The molecule has 76 valence electrons. The van der Waals surface area contributed by atoms with Gasteiger partial charge in [0.15, 0.2) is 0 Å². The number of hydrogen-bond donors (Lipinski definition) is 0. The maximum absolute atomic E-state index is 10.8. The van der Waals surface area contributed by atoms with E-state index in [9.17, 15) is 10.1 Å². The molecule has 0 aliphatic heterocycles. The Labute approximate surface area is 85.5 Å². The van der Waals surface area contributed by atoms with E-state index in [2.05, 4.69) is 4.98 Å². The monoisotopic (exact) mass is 204 g/mol. The first-order chi connectivity index (χ1) is 7.22. The molecule has 1 heterocycles. The predicted molar refractivity (Wildman–Crippen MR) is 54.9 cm³/mol. The van der Waals surface area contributed by atoms with Crippen molar-refractivity contribution in [1.29, 1.82) is 0 Å². The Bertz CT molecular complexity index is 525. The molecule has 0 N–H and O–H groups in total. The maximum atomic E-state index is 10.8. The number of fused-ring (bicyclic) bond motifs is 1. The van der Waals surface area contributed by atoms with E-state index in [1.165, 1.54) is 19.4 Å². The fourth-order valence-electron chi connectivity index (χ4n) is 1.39. The van der Waals surface area contributed by atoms with Crippen LogP contribution < -0.4 is 4.74 Å². The third-order valence-corrected chi connectivity index (χ3v) is 2.11. The lowest BCUT2D eigenvalue weighted by atomic mass is 10.2. The van der Waals surface area contributed by atoms with Gasteiger partial charge in [0.05, 0.1) is 29.1 Å². The molecule has 1 aromatic heterocycles. The van der Waals surface area contributed by atoms with Crippen molar-refractivity contribution in [1.82, 2.24) is 4.98 Å². The van der Waals surface area contributed by atoms with E-state index in [1.54, 1.807) is 18.2 Å². The average Bonchev–Trinajstić information content (AvgIpc) is 2.27. The molecule has 0 atom stereocenters. The lowest BCUT2D eigenvalue weighted by Gasteiger charge is -2.01. The summed E-state index contributed by atoms with van der Waals surface area (Å²) in [7, 11) is 1.50. The summed E-state index contributed by atoms with van der Waals surface area (Å²) in [5.41, 5.74) is 0.629. The molecule has 15 heavy (non-hydrogen) atoms. The molecule has 0 saturated carbocycles. The minimum Gasteiger partial charge on any atom is -0.495 e. The van der Waals surface area contributed by atoms with Gasteiger partial charge in [-0.15, -0.1) is 0 Å². The number of ether oxygens (including phenoxy) is 1. The summed E-state index contributed by atoms with van der Waals surface area (Å²) >= 11 is 0. The van der Waals surface area contributed by atoms with Crippen LogP contribution in [0.3, 0.4) is 0 Å². The Morgan fingerprint density at radius 3 is 2.93 bits per heavy atom. The molecule has 2 aromatic rings. The van der Waals surface area contributed by atoms with Crippen molar-refractivity contribution in [2.24, 2.45) is 0 Å². The minimum atomic E-state index is -0.427. The maximum Gasteiger partial charge on any atom is 0.278 e. The molecule has 0 saturated heterocycles. The molecule has 0 aliphatic carbocycles. The quantitative estimate of drug-likeness (QED) is 0.555. The lowest BCUT2D eigenvalue weighted by molar-refractivity contribution is -0.383. The van der Waals surface area contributed by atoms with E-state index in [0.717, 1.165) is 0 Å². The first-order valence-electron chi connectivity index (χ1n) is 4.29. The largest absolute Gasteiger partial charge is 0.495 e. The normalized spacial score (nSPS) is 10.2. The van der Waals surface area contributed by atoms with Crippen molar-refractivity contribution in [3.05, 3.63) is 40.6 Å². The molecule has 0 amide bonds.